The molecule has 4 nitrogen and oxygen atoms in total. The molecule has 0 amide bonds. The number of aromatic nitrogens is 1. The summed E-state index contributed by atoms with van der Waals surface area (Å²) in [6, 6.07) is 1.77. The highest BCUT2D eigenvalue weighted by Crippen LogP contribution is 2.35. The standard InChI is InChI=1S/C15H15NO3/c1-7-4-5-16-13-11(7)14(17)10-6-8(2)19-9(3)12(10)15(13)18/h4-5,8-9H,6H2,1-3H3/t8-,9+/m0/s1. The Morgan fingerprint density at radius 1 is 1.26 bits per heavy atom. The van der Waals surface area contributed by atoms with Crippen LogP contribution in [0.1, 0.15) is 46.7 Å². The Balaban J connectivity index is 2.24. The zero-order chi connectivity index (χ0) is 13.7. The first kappa shape index (κ1) is 12.2. The van der Waals surface area contributed by atoms with Crippen molar-refractivity contribution in [3.63, 3.8) is 0 Å². The number of nitrogens with zero attached hydrogens (tertiary/aromatic N) is 1. The molecule has 1 aromatic heterocycles. The van der Waals surface area contributed by atoms with Crippen LogP contribution < -0.4 is 0 Å². The topological polar surface area (TPSA) is 56.3 Å². The molecule has 0 saturated carbocycles. The SMILES string of the molecule is Cc1ccnc2c1C(=O)C1=C(C2=O)[C@@H](C)O[C@@H](C)C1. The van der Waals surface area contributed by atoms with Gasteiger partial charge < -0.3 is 4.74 Å². The van der Waals surface area contributed by atoms with Crippen LogP contribution in [0.2, 0.25) is 0 Å². The summed E-state index contributed by atoms with van der Waals surface area (Å²) in [7, 11) is 0. The maximum Gasteiger partial charge on any atom is 0.211 e. The van der Waals surface area contributed by atoms with Gasteiger partial charge in [-0.2, -0.15) is 0 Å². The Morgan fingerprint density at radius 2 is 2.00 bits per heavy atom. The molecule has 0 saturated heterocycles. The summed E-state index contributed by atoms with van der Waals surface area (Å²) in [5, 5.41) is 0. The van der Waals surface area contributed by atoms with Gasteiger partial charge in [0.15, 0.2) is 5.78 Å². The van der Waals surface area contributed by atoms with Crippen molar-refractivity contribution in [2.24, 2.45) is 0 Å². The largest absolute Gasteiger partial charge is 0.370 e. The predicted molar refractivity (Wildman–Crippen MR) is 69.3 cm³/mol. The van der Waals surface area contributed by atoms with Crippen LogP contribution in [0.5, 0.6) is 0 Å². The molecule has 19 heavy (non-hydrogen) atoms. The number of ether oxygens (including phenoxy) is 1. The van der Waals surface area contributed by atoms with Gasteiger partial charge in [-0.25, -0.2) is 0 Å². The molecule has 2 aliphatic rings. The summed E-state index contributed by atoms with van der Waals surface area (Å²) in [4.78, 5) is 29.2. The monoisotopic (exact) mass is 257 g/mol. The Morgan fingerprint density at radius 3 is 2.74 bits per heavy atom. The van der Waals surface area contributed by atoms with E-state index >= 15 is 0 Å². The highest BCUT2D eigenvalue weighted by Gasteiger charge is 2.40. The number of hydrogen-bond donors (Lipinski definition) is 0. The lowest BCUT2D eigenvalue weighted by atomic mass is 9.79. The summed E-state index contributed by atoms with van der Waals surface area (Å²) in [6.07, 6.45) is 1.69. The van der Waals surface area contributed by atoms with E-state index in [-0.39, 0.29) is 29.5 Å². The lowest BCUT2D eigenvalue weighted by molar-refractivity contribution is 0.0148. The van der Waals surface area contributed by atoms with Gasteiger partial charge in [0, 0.05) is 23.8 Å². The van der Waals surface area contributed by atoms with Gasteiger partial charge in [0.1, 0.15) is 5.69 Å². The summed E-state index contributed by atoms with van der Waals surface area (Å²) in [6.45, 7) is 5.57. The van der Waals surface area contributed by atoms with E-state index in [1.165, 1.54) is 0 Å². The lowest BCUT2D eigenvalue weighted by Crippen LogP contribution is -2.37. The number of Topliss-reactive ketones (excluding diaryl/α,β-unsaturated/α-hetero) is 2. The molecule has 1 aliphatic carbocycles. The lowest BCUT2D eigenvalue weighted by Gasteiger charge is -2.32. The highest BCUT2D eigenvalue weighted by atomic mass is 16.5. The van der Waals surface area contributed by atoms with Crippen LogP contribution >= 0.6 is 0 Å². The number of carbonyl (C=O) groups is 2. The number of hydrogen-bond acceptors (Lipinski definition) is 4. The van der Waals surface area contributed by atoms with E-state index in [9.17, 15) is 9.59 Å². The molecule has 98 valence electrons. The molecule has 0 aromatic carbocycles. The second-order valence-corrected chi connectivity index (χ2v) is 5.19. The number of rotatable bonds is 0. The molecule has 4 heteroatoms. The van der Waals surface area contributed by atoms with Gasteiger partial charge in [0.25, 0.3) is 0 Å². The fourth-order valence-corrected chi connectivity index (χ4v) is 2.94. The van der Waals surface area contributed by atoms with Gasteiger partial charge in [-0.3, -0.25) is 14.6 Å². The molecule has 1 aliphatic heterocycles. The van der Waals surface area contributed by atoms with Gasteiger partial charge in [-0.15, -0.1) is 0 Å². The third-order valence-corrected chi connectivity index (χ3v) is 3.78. The first-order valence-electron chi connectivity index (χ1n) is 6.44. The Labute approximate surface area is 111 Å². The first-order chi connectivity index (χ1) is 9.00. The maximum atomic E-state index is 12.6. The minimum atomic E-state index is -0.342. The third kappa shape index (κ3) is 1.67. The normalized spacial score (nSPS) is 26.3. The van der Waals surface area contributed by atoms with E-state index < -0.39 is 0 Å². The molecule has 0 spiro atoms. The highest BCUT2D eigenvalue weighted by molar-refractivity contribution is 6.27. The summed E-state index contributed by atoms with van der Waals surface area (Å²) in [5.74, 6) is -0.218. The molecule has 0 radical (unpaired) electrons. The van der Waals surface area contributed by atoms with Gasteiger partial charge in [-0.1, -0.05) is 0 Å². The molecule has 0 fully saturated rings. The Bertz CT molecular complexity index is 630. The van der Waals surface area contributed by atoms with Crippen LogP contribution in [0, 0.1) is 6.92 Å². The van der Waals surface area contributed by atoms with E-state index in [0.717, 1.165) is 5.56 Å². The summed E-state index contributed by atoms with van der Waals surface area (Å²) in [5.41, 5.74) is 2.65. The molecule has 0 bridgehead atoms. The number of ketones is 2. The van der Waals surface area contributed by atoms with Crippen molar-refractivity contribution >= 4 is 11.6 Å². The van der Waals surface area contributed by atoms with E-state index in [1.54, 1.807) is 12.3 Å². The van der Waals surface area contributed by atoms with Gasteiger partial charge >= 0.3 is 0 Å². The molecular weight excluding hydrogens is 242 g/mol. The van der Waals surface area contributed by atoms with Gasteiger partial charge in [0.05, 0.1) is 17.8 Å². The number of aryl methyl sites for hydroxylation is 1. The predicted octanol–water partition coefficient (Wildman–Crippen LogP) is 2.26. The van der Waals surface area contributed by atoms with E-state index in [0.29, 0.717) is 23.1 Å². The average molecular weight is 257 g/mol. The molecule has 0 N–H and O–H groups in total. The Kier molecular flexibility index (Phi) is 2.64. The fourth-order valence-electron chi connectivity index (χ4n) is 2.94. The number of carbonyl (C=O) groups excluding carboxylic acids is 2. The number of pyridine rings is 1. The van der Waals surface area contributed by atoms with Crippen molar-refractivity contribution in [3.05, 3.63) is 40.2 Å². The maximum absolute atomic E-state index is 12.6. The average Bonchev–Trinajstić information content (AvgIpc) is 2.35. The van der Waals surface area contributed by atoms with Crippen LogP contribution in [0.4, 0.5) is 0 Å². The van der Waals surface area contributed by atoms with Crippen LogP contribution in [-0.4, -0.2) is 28.8 Å². The van der Waals surface area contributed by atoms with E-state index in [1.807, 2.05) is 20.8 Å². The van der Waals surface area contributed by atoms with Crippen LogP contribution in [0.15, 0.2) is 23.4 Å². The van der Waals surface area contributed by atoms with E-state index in [2.05, 4.69) is 4.98 Å². The molecule has 2 atom stereocenters. The van der Waals surface area contributed by atoms with Crippen LogP contribution in [0.25, 0.3) is 0 Å². The number of fused-ring (bicyclic) bond motifs is 1. The molecular formula is C15H15NO3. The summed E-state index contributed by atoms with van der Waals surface area (Å²) >= 11 is 0. The van der Waals surface area contributed by atoms with Gasteiger partial charge in [0.2, 0.25) is 5.78 Å². The molecule has 1 aromatic rings. The second kappa shape index (κ2) is 4.10. The second-order valence-electron chi connectivity index (χ2n) is 5.19. The van der Waals surface area contributed by atoms with Crippen LogP contribution in [-0.2, 0) is 4.74 Å². The van der Waals surface area contributed by atoms with Crippen molar-refractivity contribution in [2.75, 3.05) is 0 Å². The first-order valence-corrected chi connectivity index (χ1v) is 6.44. The minimum absolute atomic E-state index is 0.0379. The smallest absolute Gasteiger partial charge is 0.211 e. The zero-order valence-corrected chi connectivity index (χ0v) is 11.2. The molecule has 0 unspecified atom stereocenters. The van der Waals surface area contributed by atoms with Crippen molar-refractivity contribution in [1.29, 1.82) is 0 Å². The van der Waals surface area contributed by atoms with Crippen molar-refractivity contribution < 1.29 is 14.3 Å². The minimum Gasteiger partial charge on any atom is -0.370 e. The van der Waals surface area contributed by atoms with Crippen molar-refractivity contribution in [1.82, 2.24) is 4.98 Å². The fraction of sp³-hybridized carbons (Fsp3) is 0.400. The van der Waals surface area contributed by atoms with Crippen LogP contribution in [0.3, 0.4) is 0 Å². The van der Waals surface area contributed by atoms with Gasteiger partial charge in [-0.05, 0) is 32.4 Å². The molecule has 2 heterocycles. The Hall–Kier alpha value is -1.81. The summed E-state index contributed by atoms with van der Waals surface area (Å²) < 4.78 is 5.66. The molecule has 3 rings (SSSR count). The van der Waals surface area contributed by atoms with Crippen molar-refractivity contribution in [3.8, 4) is 0 Å². The third-order valence-electron chi connectivity index (χ3n) is 3.78. The van der Waals surface area contributed by atoms with E-state index in [4.69, 9.17) is 4.74 Å². The zero-order valence-electron chi connectivity index (χ0n) is 11.2. The quantitative estimate of drug-likeness (QED) is 0.715. The van der Waals surface area contributed by atoms with Crippen molar-refractivity contribution in [2.45, 2.75) is 39.4 Å².